The molecule has 0 atom stereocenters. The Hall–Kier alpha value is -3.60. The number of carbonyl (C=O) groups is 2. The van der Waals surface area contributed by atoms with E-state index in [0.29, 0.717) is 0 Å². The van der Waals surface area contributed by atoms with Crippen LogP contribution in [0.1, 0.15) is 10.4 Å². The summed E-state index contributed by atoms with van der Waals surface area (Å²) in [6, 6.07) is 5.89. The number of carbonyl (C=O) groups excluding carboxylic acids is 2. The number of benzene rings is 2. The van der Waals surface area contributed by atoms with E-state index in [4.69, 9.17) is 11.6 Å². The lowest BCUT2D eigenvalue weighted by molar-refractivity contribution is -0.387. The van der Waals surface area contributed by atoms with Gasteiger partial charge in [-0.05, 0) is 24.3 Å². The second-order valence-corrected chi connectivity index (χ2v) is 5.40. The van der Waals surface area contributed by atoms with Crippen LogP contribution in [0.4, 0.5) is 21.5 Å². The van der Waals surface area contributed by atoms with Crippen molar-refractivity contribution in [3.8, 4) is 0 Å². The lowest BCUT2D eigenvalue weighted by Gasteiger charge is -2.07. The van der Waals surface area contributed by atoms with Crippen LogP contribution < -0.4 is 5.32 Å². The molecule has 0 unspecified atom stereocenters. The minimum Gasteiger partial charge on any atom is -0.452 e. The zero-order valence-electron chi connectivity index (χ0n) is 13.2. The third-order valence-corrected chi connectivity index (χ3v) is 3.37. The summed E-state index contributed by atoms with van der Waals surface area (Å²) in [7, 11) is 0. The molecule has 0 aliphatic carbocycles. The van der Waals surface area contributed by atoms with Gasteiger partial charge in [-0.3, -0.25) is 25.0 Å². The average Bonchev–Trinajstić information content (AvgIpc) is 2.60. The van der Waals surface area contributed by atoms with E-state index >= 15 is 0 Å². The normalized spacial score (nSPS) is 10.1. The second-order valence-electron chi connectivity index (χ2n) is 4.97. The molecule has 27 heavy (non-hydrogen) atoms. The van der Waals surface area contributed by atoms with E-state index in [0.717, 1.165) is 30.3 Å². The minimum absolute atomic E-state index is 0.0515. The molecule has 0 radical (unpaired) electrons. The zero-order chi connectivity index (χ0) is 20.1. The van der Waals surface area contributed by atoms with Crippen molar-refractivity contribution >= 4 is 40.5 Å². The monoisotopic (exact) mass is 397 g/mol. The van der Waals surface area contributed by atoms with Gasteiger partial charge in [0.1, 0.15) is 5.56 Å². The Balaban J connectivity index is 2.05. The molecule has 12 heteroatoms. The Morgan fingerprint density at radius 2 is 1.74 bits per heavy atom. The lowest BCUT2D eigenvalue weighted by atomic mass is 10.2. The number of hydrogen-bond acceptors (Lipinski definition) is 7. The number of nitro groups is 2. The molecule has 1 N–H and O–H groups in total. The number of nitrogens with zero attached hydrogens (tertiary/aromatic N) is 2. The number of esters is 1. The minimum atomic E-state index is -1.16. The molecule has 1 amide bonds. The van der Waals surface area contributed by atoms with Crippen molar-refractivity contribution in [3.05, 3.63) is 73.0 Å². The van der Waals surface area contributed by atoms with Crippen LogP contribution >= 0.6 is 11.6 Å². The molecular weight excluding hydrogens is 389 g/mol. The first-order chi connectivity index (χ1) is 12.7. The molecule has 10 nitrogen and oxygen atoms in total. The van der Waals surface area contributed by atoms with Crippen LogP contribution in [0.3, 0.4) is 0 Å². The van der Waals surface area contributed by atoms with E-state index in [1.54, 1.807) is 0 Å². The number of amides is 1. The molecule has 0 fully saturated rings. The molecular formula is C15H9ClFN3O7. The van der Waals surface area contributed by atoms with E-state index in [1.165, 1.54) is 6.07 Å². The molecule has 140 valence electrons. The van der Waals surface area contributed by atoms with E-state index in [-0.39, 0.29) is 10.7 Å². The first-order valence-electron chi connectivity index (χ1n) is 7.04. The van der Waals surface area contributed by atoms with Gasteiger partial charge in [-0.15, -0.1) is 0 Å². The highest BCUT2D eigenvalue weighted by Gasteiger charge is 2.23. The smallest absolute Gasteiger partial charge is 0.345 e. The fourth-order valence-corrected chi connectivity index (χ4v) is 2.14. The number of nitrogens with one attached hydrogen (secondary N) is 1. The van der Waals surface area contributed by atoms with Crippen molar-refractivity contribution in [2.24, 2.45) is 0 Å². The third kappa shape index (κ3) is 4.95. The van der Waals surface area contributed by atoms with Crippen molar-refractivity contribution in [2.45, 2.75) is 0 Å². The molecule has 0 aliphatic rings. The van der Waals surface area contributed by atoms with Crippen molar-refractivity contribution in [2.75, 3.05) is 11.9 Å². The summed E-state index contributed by atoms with van der Waals surface area (Å²) in [4.78, 5) is 43.6. The van der Waals surface area contributed by atoms with E-state index < -0.39 is 51.1 Å². The highest BCUT2D eigenvalue weighted by atomic mass is 35.5. The standard InChI is InChI=1S/C15H9ClFN3O7/c16-8-1-4-12(19(23)24)10(5-8)15(22)27-7-14(21)18-9-2-3-11(17)13(6-9)20(25)26/h1-6H,7H2,(H,18,21). The summed E-state index contributed by atoms with van der Waals surface area (Å²) in [5.74, 6) is -3.14. The highest BCUT2D eigenvalue weighted by Crippen LogP contribution is 2.24. The predicted molar refractivity (Wildman–Crippen MR) is 90.1 cm³/mol. The second kappa shape index (κ2) is 8.19. The Kier molecular flexibility index (Phi) is 5.98. The molecule has 0 bridgehead atoms. The van der Waals surface area contributed by atoms with Crippen molar-refractivity contribution in [3.63, 3.8) is 0 Å². The molecule has 0 saturated carbocycles. The van der Waals surface area contributed by atoms with E-state index in [9.17, 15) is 34.2 Å². The fraction of sp³-hybridized carbons (Fsp3) is 0.0667. The predicted octanol–water partition coefficient (Wildman–Crippen LogP) is 3.09. The summed E-state index contributed by atoms with van der Waals surface area (Å²) in [6.45, 7) is -0.840. The Bertz CT molecular complexity index is 951. The SMILES string of the molecule is O=C(COC(=O)c1cc(Cl)ccc1[N+](=O)[O-])Nc1ccc(F)c([N+](=O)[O-])c1. The Morgan fingerprint density at radius 1 is 1.07 bits per heavy atom. The molecule has 0 aliphatic heterocycles. The highest BCUT2D eigenvalue weighted by molar-refractivity contribution is 6.31. The van der Waals surface area contributed by atoms with Crippen LogP contribution in [-0.2, 0) is 9.53 Å². The number of anilines is 1. The van der Waals surface area contributed by atoms with Crippen molar-refractivity contribution < 1.29 is 28.6 Å². The summed E-state index contributed by atoms with van der Waals surface area (Å²) < 4.78 is 17.9. The van der Waals surface area contributed by atoms with Gasteiger partial charge < -0.3 is 10.1 Å². The number of nitro benzene ring substituents is 2. The van der Waals surface area contributed by atoms with E-state index in [2.05, 4.69) is 10.1 Å². The molecule has 0 saturated heterocycles. The maximum absolute atomic E-state index is 13.2. The van der Waals surface area contributed by atoms with Crippen LogP contribution in [0.2, 0.25) is 5.02 Å². The van der Waals surface area contributed by atoms with Gasteiger partial charge >= 0.3 is 11.7 Å². The maximum atomic E-state index is 13.2. The van der Waals surface area contributed by atoms with Gasteiger partial charge in [-0.25, -0.2) is 4.79 Å². The Labute approximate surface area is 154 Å². The van der Waals surface area contributed by atoms with Crippen LogP contribution in [0.5, 0.6) is 0 Å². The van der Waals surface area contributed by atoms with Crippen molar-refractivity contribution in [1.82, 2.24) is 0 Å². The fourth-order valence-electron chi connectivity index (χ4n) is 1.97. The largest absolute Gasteiger partial charge is 0.452 e. The van der Waals surface area contributed by atoms with Crippen molar-refractivity contribution in [1.29, 1.82) is 0 Å². The number of rotatable bonds is 6. The van der Waals surface area contributed by atoms with Gasteiger partial charge in [-0.2, -0.15) is 4.39 Å². The molecule has 2 aromatic rings. The molecule has 2 rings (SSSR count). The lowest BCUT2D eigenvalue weighted by Crippen LogP contribution is -2.21. The summed E-state index contributed by atoms with van der Waals surface area (Å²) in [5, 5.41) is 23.8. The zero-order valence-corrected chi connectivity index (χ0v) is 13.9. The van der Waals surface area contributed by atoms with Gasteiger partial charge in [0.05, 0.1) is 9.85 Å². The van der Waals surface area contributed by atoms with Gasteiger partial charge in [0.15, 0.2) is 6.61 Å². The van der Waals surface area contributed by atoms with Gasteiger partial charge in [0.25, 0.3) is 11.6 Å². The quantitative estimate of drug-likeness (QED) is 0.448. The average molecular weight is 398 g/mol. The number of hydrogen-bond donors (Lipinski definition) is 1. The number of ether oxygens (including phenoxy) is 1. The first-order valence-corrected chi connectivity index (χ1v) is 7.41. The van der Waals surface area contributed by atoms with Crippen LogP contribution in [0.25, 0.3) is 0 Å². The third-order valence-electron chi connectivity index (χ3n) is 3.14. The summed E-state index contributed by atoms with van der Waals surface area (Å²) >= 11 is 5.69. The molecule has 0 spiro atoms. The van der Waals surface area contributed by atoms with Crippen LogP contribution in [0.15, 0.2) is 36.4 Å². The summed E-state index contributed by atoms with van der Waals surface area (Å²) in [5.41, 5.74) is -1.95. The van der Waals surface area contributed by atoms with Gasteiger partial charge in [0.2, 0.25) is 5.82 Å². The molecule has 0 aromatic heterocycles. The topological polar surface area (TPSA) is 142 Å². The first kappa shape index (κ1) is 19.7. The van der Waals surface area contributed by atoms with Gasteiger partial charge in [-0.1, -0.05) is 11.6 Å². The van der Waals surface area contributed by atoms with Crippen LogP contribution in [0, 0.1) is 26.0 Å². The molecule has 2 aromatic carbocycles. The van der Waals surface area contributed by atoms with E-state index in [1.807, 2.05) is 0 Å². The Morgan fingerprint density at radius 3 is 2.37 bits per heavy atom. The maximum Gasteiger partial charge on any atom is 0.345 e. The summed E-state index contributed by atoms with van der Waals surface area (Å²) in [6.07, 6.45) is 0. The van der Waals surface area contributed by atoms with Crippen LogP contribution in [-0.4, -0.2) is 28.3 Å². The number of halogens is 2. The van der Waals surface area contributed by atoms with Gasteiger partial charge in [0, 0.05) is 22.8 Å². The molecule has 0 heterocycles.